The molecule has 0 aromatic rings. The Balaban J connectivity index is 1.43. The highest BCUT2D eigenvalue weighted by Crippen LogP contribution is 2.70. The molecule has 4 N–H and O–H groups in total. The number of hydrogen-bond acceptors (Lipinski definition) is 7. The van der Waals surface area contributed by atoms with Crippen LogP contribution in [-0.2, 0) is 19.1 Å². The number of hydrogen-bond donors (Lipinski definition) is 4. The summed E-state index contributed by atoms with van der Waals surface area (Å²) in [6, 6.07) is 0. The van der Waals surface area contributed by atoms with Crippen molar-refractivity contribution in [3.63, 3.8) is 0 Å². The van der Waals surface area contributed by atoms with E-state index in [-0.39, 0.29) is 35.5 Å². The molecule has 0 amide bonds. The van der Waals surface area contributed by atoms with Gasteiger partial charge in [-0.1, -0.05) is 45.8 Å². The molecule has 4 aliphatic rings. The van der Waals surface area contributed by atoms with Gasteiger partial charge >= 0.3 is 5.97 Å². The summed E-state index contributed by atoms with van der Waals surface area (Å²) in [4.78, 5) is 25.9. The average Bonchev–Trinajstić information content (AvgIpc) is 3.52. The van der Waals surface area contributed by atoms with Crippen molar-refractivity contribution < 1.29 is 39.5 Å². The highest BCUT2D eigenvalue weighted by atomic mass is 16.5. The van der Waals surface area contributed by atoms with Gasteiger partial charge in [-0.15, -0.1) is 0 Å². The molecule has 2 bridgehead atoms. The van der Waals surface area contributed by atoms with Crippen LogP contribution in [0.5, 0.6) is 0 Å². The number of fused-ring (bicyclic) bond motifs is 2. The van der Waals surface area contributed by atoms with Crippen molar-refractivity contribution in [1.29, 1.82) is 0 Å². The Morgan fingerprint density at radius 1 is 1.13 bits per heavy atom. The Labute approximate surface area is 226 Å². The summed E-state index contributed by atoms with van der Waals surface area (Å²) in [6.07, 6.45) is 4.09. The minimum absolute atomic E-state index is 0.0173. The normalized spacial score (nSPS) is 46.5. The number of carboxylic acids is 1. The Hall–Kier alpha value is -1.32. The van der Waals surface area contributed by atoms with Crippen LogP contribution in [-0.4, -0.2) is 76.9 Å². The zero-order valence-electron chi connectivity index (χ0n) is 23.6. The van der Waals surface area contributed by atoms with Crippen LogP contribution < -0.4 is 0 Å². The summed E-state index contributed by atoms with van der Waals surface area (Å²) in [7, 11) is 1.54. The molecule has 0 radical (unpaired) electrons. The molecule has 0 aromatic carbocycles. The third-order valence-corrected chi connectivity index (χ3v) is 10.8. The predicted molar refractivity (Wildman–Crippen MR) is 141 cm³/mol. The minimum atomic E-state index is -1.18. The molecule has 0 saturated heterocycles. The van der Waals surface area contributed by atoms with Crippen LogP contribution in [0.3, 0.4) is 0 Å². The molecule has 0 aliphatic heterocycles. The topological polar surface area (TPSA) is 134 Å². The van der Waals surface area contributed by atoms with Gasteiger partial charge in [0, 0.05) is 19.1 Å². The van der Waals surface area contributed by atoms with Crippen LogP contribution in [0.15, 0.2) is 11.6 Å². The lowest BCUT2D eigenvalue weighted by Gasteiger charge is -2.48. The van der Waals surface area contributed by atoms with E-state index in [9.17, 15) is 30.0 Å². The van der Waals surface area contributed by atoms with E-state index in [1.807, 2.05) is 27.7 Å². The number of carboxylic acid groups (broad SMARTS) is 1. The van der Waals surface area contributed by atoms with Crippen molar-refractivity contribution in [2.24, 2.45) is 46.3 Å². The maximum Gasteiger partial charge on any atom is 0.314 e. The number of methoxy groups -OCH3 is 1. The molecular weight excluding hydrogens is 488 g/mol. The zero-order chi connectivity index (χ0) is 28.0. The first-order valence-corrected chi connectivity index (χ1v) is 14.6. The number of carbonyl (C=O) groups excluding carboxylic acids is 1. The molecule has 10 unspecified atom stereocenters. The van der Waals surface area contributed by atoms with E-state index in [1.165, 1.54) is 7.11 Å². The largest absolute Gasteiger partial charge is 0.481 e. The predicted octanol–water partition coefficient (Wildman–Crippen LogP) is 3.21. The summed E-state index contributed by atoms with van der Waals surface area (Å²) in [5, 5.41) is 42.3. The number of aliphatic hydroxyl groups excluding tert-OH is 3. The second-order valence-corrected chi connectivity index (χ2v) is 13.0. The van der Waals surface area contributed by atoms with Crippen LogP contribution in [0.1, 0.15) is 72.6 Å². The van der Waals surface area contributed by atoms with Crippen LogP contribution in [0.4, 0.5) is 0 Å². The van der Waals surface area contributed by atoms with Gasteiger partial charge in [0.2, 0.25) is 0 Å². The van der Waals surface area contributed by atoms with Gasteiger partial charge in [0.25, 0.3) is 0 Å². The number of carbonyl (C=O) groups is 2. The fourth-order valence-electron chi connectivity index (χ4n) is 8.97. The lowest BCUT2D eigenvalue weighted by Crippen LogP contribution is -2.54. The average molecular weight is 537 g/mol. The Kier molecular flexibility index (Phi) is 8.80. The van der Waals surface area contributed by atoms with Gasteiger partial charge in [-0.25, -0.2) is 0 Å². The molecular formula is C30H48O8. The van der Waals surface area contributed by atoms with Gasteiger partial charge in [0.05, 0.1) is 18.3 Å². The molecule has 3 fully saturated rings. The van der Waals surface area contributed by atoms with Gasteiger partial charge in [-0.2, -0.15) is 0 Å². The van der Waals surface area contributed by atoms with Crippen molar-refractivity contribution >= 4 is 12.3 Å². The zero-order valence-corrected chi connectivity index (χ0v) is 23.6. The minimum Gasteiger partial charge on any atom is -0.481 e. The Morgan fingerprint density at radius 3 is 2.45 bits per heavy atom. The molecule has 12 atom stereocenters. The molecule has 8 nitrogen and oxygen atoms in total. The maximum atomic E-state index is 13.0. The van der Waals surface area contributed by atoms with Gasteiger partial charge < -0.3 is 34.7 Å². The highest BCUT2D eigenvalue weighted by Gasteiger charge is 2.71. The standard InChI is InChI=1S/C30H48O8/c1-16(2)21-11-19-13-29(15-31,30(21,14-19)28(35)36)22-12-23(32)18(4)20(22)8-6-7-9-38-24-10-17(3)27(37-5)26(34)25(24)33/h11,15-20,22-27,32-34H,6-10,12-14H2,1-5H3,(H,35,36)/t17?,18?,19?,20?,22?,23?,24?,25?,26?,27?,29-,30+/m0/s1. The first-order valence-electron chi connectivity index (χ1n) is 14.6. The summed E-state index contributed by atoms with van der Waals surface area (Å²) < 4.78 is 11.3. The first kappa shape index (κ1) is 29.7. The maximum absolute atomic E-state index is 13.0. The molecule has 8 heteroatoms. The fourth-order valence-corrected chi connectivity index (χ4v) is 8.97. The van der Waals surface area contributed by atoms with Crippen molar-refractivity contribution in [3.8, 4) is 0 Å². The lowest BCUT2D eigenvalue weighted by molar-refractivity contribution is -0.178. The number of aliphatic carboxylic acids is 1. The van der Waals surface area contributed by atoms with Crippen molar-refractivity contribution in [2.75, 3.05) is 13.7 Å². The number of unbranched alkanes of at least 4 members (excludes halogenated alkanes) is 1. The quantitative estimate of drug-likeness (QED) is 0.180. The van der Waals surface area contributed by atoms with E-state index in [0.29, 0.717) is 32.3 Å². The summed E-state index contributed by atoms with van der Waals surface area (Å²) >= 11 is 0. The highest BCUT2D eigenvalue weighted by molar-refractivity contribution is 5.88. The van der Waals surface area contributed by atoms with Crippen LogP contribution in [0, 0.1) is 46.3 Å². The Morgan fingerprint density at radius 2 is 1.84 bits per heavy atom. The summed E-state index contributed by atoms with van der Waals surface area (Å²) in [6.45, 7) is 8.46. The van der Waals surface area contributed by atoms with Gasteiger partial charge in [0.15, 0.2) is 0 Å². The first-order chi connectivity index (χ1) is 17.9. The van der Waals surface area contributed by atoms with E-state index in [1.54, 1.807) is 0 Å². The molecule has 0 spiro atoms. The SMILES string of the molecule is COC1C(C)CC(OCCCCC2C(C)C(O)CC2[C@@]2(C=O)CC3C=C(C(C)C)[C@@]2(C(=O)O)C3)C(O)C1O. The third kappa shape index (κ3) is 4.58. The van der Waals surface area contributed by atoms with Crippen molar-refractivity contribution in [3.05, 3.63) is 11.6 Å². The van der Waals surface area contributed by atoms with Crippen LogP contribution in [0.25, 0.3) is 0 Å². The summed E-state index contributed by atoms with van der Waals surface area (Å²) in [5.74, 6) is -0.850. The number of aliphatic hydroxyl groups is 3. The number of allylic oxidation sites excluding steroid dienone is 1. The van der Waals surface area contributed by atoms with Crippen LogP contribution in [0.2, 0.25) is 0 Å². The molecule has 4 rings (SSSR count). The van der Waals surface area contributed by atoms with Crippen molar-refractivity contribution in [1.82, 2.24) is 0 Å². The smallest absolute Gasteiger partial charge is 0.314 e. The summed E-state index contributed by atoms with van der Waals surface area (Å²) in [5.41, 5.74) is -1.30. The number of ether oxygens (including phenoxy) is 2. The van der Waals surface area contributed by atoms with Crippen LogP contribution >= 0.6 is 0 Å². The third-order valence-electron chi connectivity index (χ3n) is 10.8. The monoisotopic (exact) mass is 536 g/mol. The second kappa shape index (κ2) is 11.3. The number of rotatable bonds is 11. The molecule has 3 saturated carbocycles. The molecule has 4 aliphatic carbocycles. The van der Waals surface area contributed by atoms with Gasteiger partial charge in [-0.3, -0.25) is 4.79 Å². The fraction of sp³-hybridized carbons (Fsp3) is 0.867. The van der Waals surface area contributed by atoms with E-state index in [0.717, 1.165) is 31.1 Å². The van der Waals surface area contributed by atoms with Gasteiger partial charge in [0.1, 0.15) is 23.9 Å². The molecule has 38 heavy (non-hydrogen) atoms. The van der Waals surface area contributed by atoms with E-state index in [4.69, 9.17) is 9.47 Å². The van der Waals surface area contributed by atoms with Gasteiger partial charge in [-0.05, 0) is 74.0 Å². The molecule has 216 valence electrons. The van der Waals surface area contributed by atoms with E-state index < -0.39 is 47.3 Å². The number of aldehydes is 1. The molecule has 0 aromatic heterocycles. The lowest BCUT2D eigenvalue weighted by atomic mass is 9.52. The molecule has 0 heterocycles. The second-order valence-electron chi connectivity index (χ2n) is 13.0. The van der Waals surface area contributed by atoms with Crippen molar-refractivity contribution in [2.45, 2.75) is 103 Å². The van der Waals surface area contributed by atoms with E-state index in [2.05, 4.69) is 6.08 Å². The Bertz CT molecular complexity index is 903. The van der Waals surface area contributed by atoms with E-state index >= 15 is 0 Å².